The fraction of sp³-hybridized carbons (Fsp3) is 0.241. The zero-order valence-electron chi connectivity index (χ0n) is 21.0. The van der Waals surface area contributed by atoms with E-state index in [-0.39, 0.29) is 30.2 Å². The van der Waals surface area contributed by atoms with E-state index in [1.165, 1.54) is 4.90 Å². The highest BCUT2D eigenvalue weighted by Gasteiger charge is 2.39. The van der Waals surface area contributed by atoms with E-state index in [9.17, 15) is 19.5 Å². The molecule has 1 heterocycles. The third-order valence-corrected chi connectivity index (χ3v) is 6.19. The van der Waals surface area contributed by atoms with Crippen LogP contribution < -0.4 is 10.6 Å². The maximum Gasteiger partial charge on any atom is 0.411 e. The molecule has 2 unspecified atom stereocenters. The lowest BCUT2D eigenvalue weighted by molar-refractivity contribution is -0.130. The van der Waals surface area contributed by atoms with Gasteiger partial charge in [-0.3, -0.25) is 19.8 Å². The molecule has 190 valence electrons. The molecule has 2 atom stereocenters. The number of carboxylic acid groups (broad SMARTS) is 1. The highest BCUT2D eigenvalue weighted by atomic mass is 16.4. The second-order valence-corrected chi connectivity index (χ2v) is 9.66. The lowest BCUT2D eigenvalue weighted by Crippen LogP contribution is -2.54. The molecule has 4 rings (SSSR count). The predicted octanol–water partition coefficient (Wildman–Crippen LogP) is 4.90. The number of hydrogen-bond donors (Lipinski definition) is 3. The maximum absolute atomic E-state index is 13.4. The molecule has 3 amide bonds. The Kier molecular flexibility index (Phi) is 7.38. The van der Waals surface area contributed by atoms with Crippen molar-refractivity contribution in [3.8, 4) is 0 Å². The van der Waals surface area contributed by atoms with Gasteiger partial charge < -0.3 is 10.4 Å². The summed E-state index contributed by atoms with van der Waals surface area (Å²) in [5, 5.41) is 14.8. The minimum absolute atomic E-state index is 0.0462. The van der Waals surface area contributed by atoms with Gasteiger partial charge in [-0.2, -0.15) is 0 Å². The van der Waals surface area contributed by atoms with Crippen LogP contribution in [0.5, 0.6) is 0 Å². The van der Waals surface area contributed by atoms with Gasteiger partial charge in [-0.25, -0.2) is 9.79 Å². The van der Waals surface area contributed by atoms with Crippen molar-refractivity contribution in [2.45, 2.75) is 44.8 Å². The van der Waals surface area contributed by atoms with E-state index >= 15 is 0 Å². The molecule has 1 aliphatic heterocycles. The van der Waals surface area contributed by atoms with E-state index in [2.05, 4.69) is 15.6 Å². The topological polar surface area (TPSA) is 111 Å². The molecule has 0 aliphatic carbocycles. The van der Waals surface area contributed by atoms with Gasteiger partial charge in [-0.05, 0) is 49.6 Å². The first-order valence-electron chi connectivity index (χ1n) is 12.1. The zero-order valence-corrected chi connectivity index (χ0v) is 21.0. The van der Waals surface area contributed by atoms with Crippen LogP contribution >= 0.6 is 0 Å². The first-order chi connectivity index (χ1) is 17.6. The third-order valence-electron chi connectivity index (χ3n) is 6.19. The summed E-state index contributed by atoms with van der Waals surface area (Å²) < 4.78 is 0. The van der Waals surface area contributed by atoms with Crippen LogP contribution in [0.4, 0.5) is 4.79 Å². The molecule has 3 aromatic carbocycles. The minimum Gasteiger partial charge on any atom is -0.465 e. The monoisotopic (exact) mass is 498 g/mol. The van der Waals surface area contributed by atoms with Gasteiger partial charge >= 0.3 is 6.09 Å². The number of aliphatic imine (C=N–C) groups is 1. The number of benzene rings is 3. The summed E-state index contributed by atoms with van der Waals surface area (Å²) >= 11 is 0. The van der Waals surface area contributed by atoms with E-state index in [1.807, 2.05) is 73.7 Å². The Morgan fingerprint density at radius 3 is 2.14 bits per heavy atom. The standard InChI is InChI=1S/C29H30N4O4/c1-19(20-11-6-4-7-12-20)30-26(35)23-16-10-15-22(17-23)25(21-13-8-5-9-14-21)33-24(34)18-29(2,3)32-27(33)31-28(36)37/h4-17,19,25H,18H2,1-3H3,(H,30,35)(H,31,32)(H,36,37). The van der Waals surface area contributed by atoms with E-state index in [0.717, 1.165) is 11.1 Å². The number of nitrogens with one attached hydrogen (secondary N) is 2. The molecule has 0 saturated carbocycles. The van der Waals surface area contributed by atoms with E-state index in [1.54, 1.807) is 32.0 Å². The Bertz CT molecular complexity index is 1320. The van der Waals surface area contributed by atoms with Crippen LogP contribution in [0.1, 0.15) is 66.3 Å². The molecule has 37 heavy (non-hydrogen) atoms. The summed E-state index contributed by atoms with van der Waals surface area (Å²) in [7, 11) is 0. The Morgan fingerprint density at radius 1 is 0.919 bits per heavy atom. The average molecular weight is 499 g/mol. The molecule has 8 heteroatoms. The van der Waals surface area contributed by atoms with Crippen molar-refractivity contribution in [1.29, 1.82) is 0 Å². The van der Waals surface area contributed by atoms with Crippen LogP contribution in [-0.4, -0.2) is 39.4 Å². The van der Waals surface area contributed by atoms with Gasteiger partial charge in [-0.15, -0.1) is 0 Å². The third kappa shape index (κ3) is 6.03. The molecule has 0 fully saturated rings. The first-order valence-corrected chi connectivity index (χ1v) is 12.1. The van der Waals surface area contributed by atoms with Crippen molar-refractivity contribution in [3.05, 3.63) is 107 Å². The molecule has 0 bridgehead atoms. The normalized spacial score (nSPS) is 16.4. The Morgan fingerprint density at radius 2 is 1.51 bits per heavy atom. The highest BCUT2D eigenvalue weighted by molar-refractivity contribution is 6.05. The molecule has 0 spiro atoms. The summed E-state index contributed by atoms with van der Waals surface area (Å²) in [5.74, 6) is -0.575. The molecule has 0 saturated heterocycles. The van der Waals surface area contributed by atoms with E-state index < -0.39 is 17.7 Å². The maximum atomic E-state index is 13.4. The molecule has 0 radical (unpaired) electrons. The number of carbonyl (C=O) groups is 3. The van der Waals surface area contributed by atoms with Crippen LogP contribution in [0.2, 0.25) is 0 Å². The largest absolute Gasteiger partial charge is 0.465 e. The van der Waals surface area contributed by atoms with Crippen molar-refractivity contribution in [2.75, 3.05) is 0 Å². The molecule has 1 aliphatic rings. The molecule has 8 nitrogen and oxygen atoms in total. The smallest absolute Gasteiger partial charge is 0.411 e. The predicted molar refractivity (Wildman–Crippen MR) is 141 cm³/mol. The number of guanidine groups is 1. The minimum atomic E-state index is -1.32. The lowest BCUT2D eigenvalue weighted by Gasteiger charge is -2.39. The number of nitrogens with zero attached hydrogens (tertiary/aromatic N) is 2. The summed E-state index contributed by atoms with van der Waals surface area (Å²) in [5.41, 5.74) is 2.05. The molecule has 0 aromatic heterocycles. The molecule has 3 aromatic rings. The van der Waals surface area contributed by atoms with Gasteiger partial charge in [-0.1, -0.05) is 72.8 Å². The van der Waals surface area contributed by atoms with Crippen molar-refractivity contribution in [2.24, 2.45) is 4.99 Å². The Labute approximate surface area is 216 Å². The van der Waals surface area contributed by atoms with Gasteiger partial charge in [0, 0.05) is 5.56 Å². The van der Waals surface area contributed by atoms with Gasteiger partial charge in [0.1, 0.15) is 0 Å². The van der Waals surface area contributed by atoms with Crippen molar-refractivity contribution < 1.29 is 19.5 Å². The fourth-order valence-electron chi connectivity index (χ4n) is 4.48. The van der Waals surface area contributed by atoms with E-state index in [4.69, 9.17) is 0 Å². The molecular formula is C29H30N4O4. The van der Waals surface area contributed by atoms with Gasteiger partial charge in [0.25, 0.3) is 5.91 Å². The molecule has 3 N–H and O–H groups in total. The highest BCUT2D eigenvalue weighted by Crippen LogP contribution is 2.34. The summed E-state index contributed by atoms with van der Waals surface area (Å²) in [6, 6.07) is 25.1. The zero-order chi connectivity index (χ0) is 26.6. The summed E-state index contributed by atoms with van der Waals surface area (Å²) in [6.45, 7) is 5.47. The quantitative estimate of drug-likeness (QED) is 0.449. The van der Waals surface area contributed by atoms with Crippen LogP contribution in [0, 0.1) is 0 Å². The SMILES string of the molecule is CC(NC(=O)c1cccc(C(c2ccccc2)N2C(=O)CC(C)(C)N=C2NC(=O)O)c1)c1ccccc1. The summed E-state index contributed by atoms with van der Waals surface area (Å²) in [4.78, 5) is 44.1. The average Bonchev–Trinajstić information content (AvgIpc) is 2.86. The Hall–Kier alpha value is -4.46. The van der Waals surface area contributed by atoms with Crippen LogP contribution in [0.15, 0.2) is 89.9 Å². The number of amides is 3. The van der Waals surface area contributed by atoms with Crippen molar-refractivity contribution in [1.82, 2.24) is 15.5 Å². The first kappa shape index (κ1) is 25.6. The number of hydrogen-bond acceptors (Lipinski definition) is 4. The van der Waals surface area contributed by atoms with Gasteiger partial charge in [0.05, 0.1) is 24.0 Å². The van der Waals surface area contributed by atoms with Gasteiger partial charge in [0.15, 0.2) is 0 Å². The van der Waals surface area contributed by atoms with Gasteiger partial charge in [0.2, 0.25) is 11.9 Å². The van der Waals surface area contributed by atoms with Crippen molar-refractivity contribution >= 4 is 23.9 Å². The van der Waals surface area contributed by atoms with E-state index in [0.29, 0.717) is 11.1 Å². The lowest BCUT2D eigenvalue weighted by atomic mass is 9.92. The number of rotatable bonds is 6. The van der Waals surface area contributed by atoms with Crippen LogP contribution in [-0.2, 0) is 4.79 Å². The fourth-order valence-corrected chi connectivity index (χ4v) is 4.48. The van der Waals surface area contributed by atoms with Crippen LogP contribution in [0.3, 0.4) is 0 Å². The number of carbonyl (C=O) groups excluding carboxylic acids is 2. The molecular weight excluding hydrogens is 468 g/mol. The second kappa shape index (κ2) is 10.7. The second-order valence-electron chi connectivity index (χ2n) is 9.66. The van der Waals surface area contributed by atoms with Crippen molar-refractivity contribution in [3.63, 3.8) is 0 Å². The Balaban J connectivity index is 1.74. The summed E-state index contributed by atoms with van der Waals surface area (Å²) in [6.07, 6.45) is -1.21. The van der Waals surface area contributed by atoms with Crippen LogP contribution in [0.25, 0.3) is 0 Å².